The standard InChI is InChI=1S/C13H24N4/c1-7-14-11-9(2)12(17-10(3)16-11)15-8-13(4,5)6/h7-8H2,1-6H3,(H2,14,15,16,17). The first-order valence-electron chi connectivity index (χ1n) is 6.16. The van der Waals surface area contributed by atoms with Crippen molar-refractivity contribution in [3.63, 3.8) is 0 Å². The van der Waals surface area contributed by atoms with Gasteiger partial charge in [-0.05, 0) is 26.2 Å². The van der Waals surface area contributed by atoms with Crippen LogP contribution in [-0.4, -0.2) is 23.1 Å². The van der Waals surface area contributed by atoms with Gasteiger partial charge in [-0.15, -0.1) is 0 Å². The molecule has 0 unspecified atom stereocenters. The van der Waals surface area contributed by atoms with Crippen LogP contribution in [0.5, 0.6) is 0 Å². The van der Waals surface area contributed by atoms with Crippen molar-refractivity contribution in [2.24, 2.45) is 5.41 Å². The number of anilines is 2. The molecule has 0 aliphatic heterocycles. The largest absolute Gasteiger partial charge is 0.370 e. The maximum absolute atomic E-state index is 4.46. The van der Waals surface area contributed by atoms with Crippen molar-refractivity contribution in [3.8, 4) is 0 Å². The third-order valence-corrected chi connectivity index (χ3v) is 2.39. The second-order valence-corrected chi connectivity index (χ2v) is 5.54. The predicted molar refractivity (Wildman–Crippen MR) is 73.6 cm³/mol. The highest BCUT2D eigenvalue weighted by atomic mass is 15.1. The summed E-state index contributed by atoms with van der Waals surface area (Å²) in [6, 6.07) is 0. The van der Waals surface area contributed by atoms with Crippen molar-refractivity contribution in [2.75, 3.05) is 23.7 Å². The molecule has 4 nitrogen and oxygen atoms in total. The number of nitrogens with zero attached hydrogens (tertiary/aromatic N) is 2. The number of aromatic nitrogens is 2. The number of aryl methyl sites for hydroxylation is 1. The van der Waals surface area contributed by atoms with E-state index in [1.54, 1.807) is 0 Å². The second-order valence-electron chi connectivity index (χ2n) is 5.54. The van der Waals surface area contributed by atoms with Crippen molar-refractivity contribution < 1.29 is 0 Å². The van der Waals surface area contributed by atoms with Crippen molar-refractivity contribution in [2.45, 2.75) is 41.5 Å². The van der Waals surface area contributed by atoms with Gasteiger partial charge in [-0.3, -0.25) is 0 Å². The molecule has 1 aromatic heterocycles. The summed E-state index contributed by atoms with van der Waals surface area (Å²) in [5.41, 5.74) is 1.32. The van der Waals surface area contributed by atoms with E-state index in [2.05, 4.69) is 48.3 Å². The van der Waals surface area contributed by atoms with E-state index in [1.807, 2.05) is 13.8 Å². The lowest BCUT2D eigenvalue weighted by molar-refractivity contribution is 0.442. The Labute approximate surface area is 104 Å². The zero-order valence-corrected chi connectivity index (χ0v) is 11.8. The van der Waals surface area contributed by atoms with Crippen LogP contribution in [0, 0.1) is 19.3 Å². The average molecular weight is 236 g/mol. The van der Waals surface area contributed by atoms with Gasteiger partial charge in [0.15, 0.2) is 0 Å². The number of hydrogen-bond acceptors (Lipinski definition) is 4. The number of rotatable bonds is 4. The molecule has 0 radical (unpaired) electrons. The first-order chi connectivity index (χ1) is 7.83. The zero-order valence-electron chi connectivity index (χ0n) is 11.8. The van der Waals surface area contributed by atoms with Crippen LogP contribution < -0.4 is 10.6 Å². The Morgan fingerprint density at radius 3 is 2.00 bits per heavy atom. The van der Waals surface area contributed by atoms with Gasteiger partial charge in [0.05, 0.1) is 0 Å². The minimum atomic E-state index is 0.240. The van der Waals surface area contributed by atoms with Crippen LogP contribution in [0.3, 0.4) is 0 Å². The molecular formula is C13H24N4. The monoisotopic (exact) mass is 236 g/mol. The molecule has 96 valence electrons. The molecule has 4 heteroatoms. The fourth-order valence-corrected chi connectivity index (χ4v) is 1.49. The molecule has 0 bridgehead atoms. The van der Waals surface area contributed by atoms with Crippen LogP contribution in [0.4, 0.5) is 11.6 Å². The highest BCUT2D eigenvalue weighted by Gasteiger charge is 2.13. The SMILES string of the molecule is CCNc1nc(C)nc(NCC(C)(C)C)c1C. The molecule has 1 rings (SSSR count). The third kappa shape index (κ3) is 4.21. The maximum Gasteiger partial charge on any atom is 0.134 e. The first-order valence-corrected chi connectivity index (χ1v) is 6.16. The smallest absolute Gasteiger partial charge is 0.134 e. The van der Waals surface area contributed by atoms with Crippen LogP contribution in [0.15, 0.2) is 0 Å². The Balaban J connectivity index is 2.91. The molecule has 0 aliphatic carbocycles. The fraction of sp³-hybridized carbons (Fsp3) is 0.692. The predicted octanol–water partition coefficient (Wildman–Crippen LogP) is 2.98. The molecule has 0 aromatic carbocycles. The van der Waals surface area contributed by atoms with Crippen molar-refractivity contribution in [1.82, 2.24) is 9.97 Å². The van der Waals surface area contributed by atoms with Gasteiger partial charge in [-0.2, -0.15) is 0 Å². The molecule has 0 aliphatic rings. The lowest BCUT2D eigenvalue weighted by Gasteiger charge is -2.21. The molecule has 0 atom stereocenters. The van der Waals surface area contributed by atoms with Crippen molar-refractivity contribution in [3.05, 3.63) is 11.4 Å². The summed E-state index contributed by atoms with van der Waals surface area (Å²) < 4.78 is 0. The summed E-state index contributed by atoms with van der Waals surface area (Å²) in [6.45, 7) is 14.4. The van der Waals surface area contributed by atoms with Gasteiger partial charge in [-0.25, -0.2) is 9.97 Å². The van der Waals surface area contributed by atoms with Gasteiger partial charge in [0.2, 0.25) is 0 Å². The topological polar surface area (TPSA) is 49.8 Å². The summed E-state index contributed by atoms with van der Waals surface area (Å²) in [7, 11) is 0. The minimum absolute atomic E-state index is 0.240. The van der Waals surface area contributed by atoms with E-state index in [-0.39, 0.29) is 5.41 Å². The van der Waals surface area contributed by atoms with Gasteiger partial charge < -0.3 is 10.6 Å². The summed E-state index contributed by atoms with van der Waals surface area (Å²) in [6.07, 6.45) is 0. The third-order valence-electron chi connectivity index (χ3n) is 2.39. The van der Waals surface area contributed by atoms with Gasteiger partial charge >= 0.3 is 0 Å². The molecule has 1 heterocycles. The second kappa shape index (κ2) is 5.34. The van der Waals surface area contributed by atoms with E-state index >= 15 is 0 Å². The molecule has 0 fully saturated rings. The van der Waals surface area contributed by atoms with Crippen LogP contribution >= 0.6 is 0 Å². The Bertz CT molecular complexity index is 380. The number of nitrogens with one attached hydrogen (secondary N) is 2. The van der Waals surface area contributed by atoms with E-state index in [9.17, 15) is 0 Å². The Morgan fingerprint density at radius 1 is 1.00 bits per heavy atom. The van der Waals surface area contributed by atoms with E-state index in [0.717, 1.165) is 36.1 Å². The first kappa shape index (κ1) is 13.7. The molecule has 17 heavy (non-hydrogen) atoms. The highest BCUT2D eigenvalue weighted by molar-refractivity contribution is 5.57. The lowest BCUT2D eigenvalue weighted by atomic mass is 9.97. The van der Waals surface area contributed by atoms with Crippen molar-refractivity contribution >= 4 is 11.6 Å². The molecule has 0 saturated heterocycles. The summed E-state index contributed by atoms with van der Waals surface area (Å²) >= 11 is 0. The number of hydrogen-bond donors (Lipinski definition) is 2. The van der Waals surface area contributed by atoms with Crippen LogP contribution in [-0.2, 0) is 0 Å². The molecule has 2 N–H and O–H groups in total. The van der Waals surface area contributed by atoms with Crippen LogP contribution in [0.1, 0.15) is 39.1 Å². The fourth-order valence-electron chi connectivity index (χ4n) is 1.49. The Morgan fingerprint density at radius 2 is 1.53 bits per heavy atom. The highest BCUT2D eigenvalue weighted by Crippen LogP contribution is 2.21. The minimum Gasteiger partial charge on any atom is -0.370 e. The van der Waals surface area contributed by atoms with Crippen LogP contribution in [0.25, 0.3) is 0 Å². The van der Waals surface area contributed by atoms with Crippen molar-refractivity contribution in [1.29, 1.82) is 0 Å². The molecule has 0 spiro atoms. The van der Waals surface area contributed by atoms with Gasteiger partial charge in [0.25, 0.3) is 0 Å². The summed E-state index contributed by atoms with van der Waals surface area (Å²) in [5, 5.41) is 6.66. The normalized spacial score (nSPS) is 11.4. The quantitative estimate of drug-likeness (QED) is 0.844. The van der Waals surface area contributed by atoms with Gasteiger partial charge in [0, 0.05) is 18.7 Å². The van der Waals surface area contributed by atoms with E-state index < -0.39 is 0 Å². The summed E-state index contributed by atoms with van der Waals surface area (Å²) in [4.78, 5) is 8.86. The van der Waals surface area contributed by atoms with E-state index in [4.69, 9.17) is 0 Å². The lowest BCUT2D eigenvalue weighted by Crippen LogP contribution is -2.21. The Hall–Kier alpha value is -1.32. The van der Waals surface area contributed by atoms with Gasteiger partial charge in [0.1, 0.15) is 17.5 Å². The maximum atomic E-state index is 4.46. The average Bonchev–Trinajstić information content (AvgIpc) is 2.20. The Kier molecular flexibility index (Phi) is 4.32. The van der Waals surface area contributed by atoms with Gasteiger partial charge in [-0.1, -0.05) is 20.8 Å². The molecule has 0 saturated carbocycles. The summed E-state index contributed by atoms with van der Waals surface area (Å²) in [5.74, 6) is 2.66. The molecule has 0 amide bonds. The molecule has 1 aromatic rings. The molecular weight excluding hydrogens is 212 g/mol. The van der Waals surface area contributed by atoms with Crippen LogP contribution in [0.2, 0.25) is 0 Å². The van der Waals surface area contributed by atoms with E-state index in [1.165, 1.54) is 0 Å². The zero-order chi connectivity index (χ0) is 13.1. The van der Waals surface area contributed by atoms with E-state index in [0.29, 0.717) is 0 Å².